The van der Waals surface area contributed by atoms with Crippen molar-refractivity contribution in [1.29, 1.82) is 0 Å². The van der Waals surface area contributed by atoms with E-state index in [9.17, 15) is 22.4 Å². The molecule has 22 heavy (non-hydrogen) atoms. The molecule has 0 radical (unpaired) electrons. The summed E-state index contributed by atoms with van der Waals surface area (Å²) in [5.74, 6) is -0.764. The number of amides is 1. The van der Waals surface area contributed by atoms with E-state index in [2.05, 4.69) is 0 Å². The molecule has 0 N–H and O–H groups in total. The molecule has 0 aromatic heterocycles. The number of benzene rings is 1. The minimum atomic E-state index is -4.36. The molecule has 0 aliphatic carbocycles. The summed E-state index contributed by atoms with van der Waals surface area (Å²) in [5.41, 5.74) is -2.17. The second-order valence-electron chi connectivity index (χ2n) is 5.10. The normalized spacial score (nSPS) is 18.3. The van der Waals surface area contributed by atoms with Crippen LogP contribution in [0.15, 0.2) is 24.3 Å². The lowest BCUT2D eigenvalue weighted by Crippen LogP contribution is -2.49. The van der Waals surface area contributed by atoms with E-state index in [0.717, 1.165) is 12.1 Å². The molecular weight excluding hydrogens is 324 g/mol. The van der Waals surface area contributed by atoms with E-state index in [4.69, 9.17) is 11.6 Å². The van der Waals surface area contributed by atoms with Gasteiger partial charge in [-0.2, -0.15) is 13.2 Å². The fraction of sp³-hybridized carbons (Fsp3) is 0.500. The highest BCUT2D eigenvalue weighted by molar-refractivity contribution is 6.29. The van der Waals surface area contributed by atoms with E-state index < -0.39 is 23.3 Å². The number of nitrogens with zero attached hydrogens (tertiary/aromatic N) is 2. The van der Waals surface area contributed by atoms with Crippen LogP contribution in [-0.4, -0.2) is 47.5 Å². The van der Waals surface area contributed by atoms with Crippen molar-refractivity contribution in [2.24, 2.45) is 0 Å². The summed E-state index contributed by atoms with van der Waals surface area (Å²) in [4.78, 5) is 14.6. The molecule has 122 valence electrons. The lowest BCUT2D eigenvalue weighted by Gasteiger charge is -2.34. The maximum absolute atomic E-state index is 12.7. The number of alkyl halides is 5. The number of halogens is 5. The Morgan fingerprint density at radius 2 is 1.86 bits per heavy atom. The zero-order valence-corrected chi connectivity index (χ0v) is 12.4. The van der Waals surface area contributed by atoms with Crippen molar-refractivity contribution in [3.05, 3.63) is 35.4 Å². The average Bonchev–Trinajstić information content (AvgIpc) is 2.46. The Labute approximate surface area is 130 Å². The standard InChI is InChI=1S/C14H15ClF4N2O/c15-12(16)13(22)21-6-4-20(5-7-21)9-10-2-1-3-11(8-10)14(17,18)19/h1-3,8,12H,4-7,9H2. The van der Waals surface area contributed by atoms with Crippen molar-refractivity contribution < 1.29 is 22.4 Å². The van der Waals surface area contributed by atoms with Crippen LogP contribution in [-0.2, 0) is 17.5 Å². The van der Waals surface area contributed by atoms with Gasteiger partial charge in [0.1, 0.15) is 0 Å². The summed E-state index contributed by atoms with van der Waals surface area (Å²) in [6.45, 7) is 1.90. The van der Waals surface area contributed by atoms with Gasteiger partial charge in [0.2, 0.25) is 0 Å². The topological polar surface area (TPSA) is 23.6 Å². The zero-order chi connectivity index (χ0) is 16.3. The Bertz CT molecular complexity index is 528. The Morgan fingerprint density at radius 1 is 1.23 bits per heavy atom. The second kappa shape index (κ2) is 6.83. The van der Waals surface area contributed by atoms with E-state index in [0.29, 0.717) is 38.3 Å². The Hall–Kier alpha value is -1.34. The van der Waals surface area contributed by atoms with Crippen LogP contribution in [0.2, 0.25) is 0 Å². The molecule has 1 fully saturated rings. The highest BCUT2D eigenvalue weighted by atomic mass is 35.5. The van der Waals surface area contributed by atoms with E-state index in [1.165, 1.54) is 11.0 Å². The average molecular weight is 339 g/mol. The smallest absolute Gasteiger partial charge is 0.337 e. The summed E-state index contributed by atoms with van der Waals surface area (Å²) in [6.07, 6.45) is -4.36. The molecule has 0 spiro atoms. The molecule has 0 bridgehead atoms. The minimum Gasteiger partial charge on any atom is -0.337 e. The maximum Gasteiger partial charge on any atom is 0.416 e. The minimum absolute atomic E-state index is 0.310. The van der Waals surface area contributed by atoms with Gasteiger partial charge in [-0.05, 0) is 11.6 Å². The fourth-order valence-corrected chi connectivity index (χ4v) is 2.51. The molecule has 1 aliphatic rings. The highest BCUT2D eigenvalue weighted by Gasteiger charge is 2.31. The van der Waals surface area contributed by atoms with Crippen LogP contribution in [0.3, 0.4) is 0 Å². The predicted molar refractivity (Wildman–Crippen MR) is 74.1 cm³/mol. The number of carbonyl (C=O) groups is 1. The van der Waals surface area contributed by atoms with Crippen LogP contribution in [0, 0.1) is 0 Å². The largest absolute Gasteiger partial charge is 0.416 e. The Morgan fingerprint density at radius 3 is 2.41 bits per heavy atom. The Balaban J connectivity index is 1.93. The first kappa shape index (κ1) is 17.0. The number of rotatable bonds is 3. The monoisotopic (exact) mass is 338 g/mol. The number of carbonyl (C=O) groups excluding carboxylic acids is 1. The lowest BCUT2D eigenvalue weighted by molar-refractivity contribution is -0.138. The SMILES string of the molecule is O=C(C(F)Cl)N1CCN(Cc2cccc(C(F)(F)F)c2)CC1. The van der Waals surface area contributed by atoms with Crippen molar-refractivity contribution in [3.8, 4) is 0 Å². The van der Waals surface area contributed by atoms with Gasteiger partial charge in [0.15, 0.2) is 0 Å². The van der Waals surface area contributed by atoms with Crippen LogP contribution >= 0.6 is 11.6 Å². The van der Waals surface area contributed by atoms with Gasteiger partial charge >= 0.3 is 6.18 Å². The fourth-order valence-electron chi connectivity index (χ4n) is 2.37. The van der Waals surface area contributed by atoms with Gasteiger partial charge in [0, 0.05) is 32.7 Å². The first-order valence-electron chi connectivity index (χ1n) is 6.73. The maximum atomic E-state index is 12.7. The van der Waals surface area contributed by atoms with Gasteiger partial charge < -0.3 is 4.90 Å². The molecule has 1 aromatic rings. The quantitative estimate of drug-likeness (QED) is 0.625. The number of hydrogen-bond donors (Lipinski definition) is 0. The molecular formula is C14H15ClF4N2O. The molecule has 0 saturated carbocycles. The van der Waals surface area contributed by atoms with Crippen LogP contribution in [0.25, 0.3) is 0 Å². The summed E-state index contributed by atoms with van der Waals surface area (Å²) in [5, 5.41) is 0. The molecule has 1 atom stereocenters. The molecule has 1 amide bonds. The second-order valence-corrected chi connectivity index (χ2v) is 5.48. The first-order chi connectivity index (χ1) is 10.3. The lowest BCUT2D eigenvalue weighted by atomic mass is 10.1. The van der Waals surface area contributed by atoms with Gasteiger partial charge in [-0.3, -0.25) is 9.69 Å². The van der Waals surface area contributed by atoms with Crippen molar-refractivity contribution >= 4 is 17.5 Å². The van der Waals surface area contributed by atoms with E-state index in [1.807, 2.05) is 4.90 Å². The van der Waals surface area contributed by atoms with Crippen molar-refractivity contribution in [2.45, 2.75) is 18.4 Å². The molecule has 2 rings (SSSR count). The highest BCUT2D eigenvalue weighted by Crippen LogP contribution is 2.29. The van der Waals surface area contributed by atoms with Gasteiger partial charge in [-0.15, -0.1) is 0 Å². The molecule has 1 unspecified atom stereocenters. The van der Waals surface area contributed by atoms with Gasteiger partial charge in [-0.25, -0.2) is 4.39 Å². The predicted octanol–water partition coefficient (Wildman–Crippen LogP) is 2.88. The van der Waals surface area contributed by atoms with Gasteiger partial charge in [0.05, 0.1) is 5.56 Å². The van der Waals surface area contributed by atoms with Crippen LogP contribution in [0.5, 0.6) is 0 Å². The number of piperazine rings is 1. The third-order valence-electron chi connectivity index (χ3n) is 3.53. The summed E-state index contributed by atoms with van der Waals surface area (Å²) in [7, 11) is 0. The third kappa shape index (κ3) is 4.33. The summed E-state index contributed by atoms with van der Waals surface area (Å²) >= 11 is 5.11. The van der Waals surface area contributed by atoms with Crippen LogP contribution in [0.1, 0.15) is 11.1 Å². The molecule has 1 aromatic carbocycles. The van der Waals surface area contributed by atoms with Gasteiger partial charge in [-0.1, -0.05) is 29.8 Å². The Kier molecular flexibility index (Phi) is 5.28. The summed E-state index contributed by atoms with van der Waals surface area (Å²) in [6, 6.07) is 5.15. The van der Waals surface area contributed by atoms with Crippen molar-refractivity contribution in [1.82, 2.24) is 9.80 Å². The zero-order valence-electron chi connectivity index (χ0n) is 11.6. The molecule has 8 heteroatoms. The number of hydrogen-bond acceptors (Lipinski definition) is 2. The first-order valence-corrected chi connectivity index (χ1v) is 7.16. The van der Waals surface area contributed by atoms with Crippen molar-refractivity contribution in [2.75, 3.05) is 26.2 Å². The van der Waals surface area contributed by atoms with E-state index in [-0.39, 0.29) is 0 Å². The summed E-state index contributed by atoms with van der Waals surface area (Å²) < 4.78 is 50.7. The molecule has 3 nitrogen and oxygen atoms in total. The third-order valence-corrected chi connectivity index (χ3v) is 3.72. The van der Waals surface area contributed by atoms with Crippen molar-refractivity contribution in [3.63, 3.8) is 0 Å². The van der Waals surface area contributed by atoms with Crippen LogP contribution in [0.4, 0.5) is 17.6 Å². The molecule has 1 aliphatic heterocycles. The van der Waals surface area contributed by atoms with E-state index >= 15 is 0 Å². The van der Waals surface area contributed by atoms with Gasteiger partial charge in [0.25, 0.3) is 11.5 Å². The van der Waals surface area contributed by atoms with E-state index in [1.54, 1.807) is 6.07 Å². The molecule has 1 saturated heterocycles. The van der Waals surface area contributed by atoms with Crippen LogP contribution < -0.4 is 0 Å². The molecule has 1 heterocycles.